The zero-order valence-corrected chi connectivity index (χ0v) is 15.8. The Kier molecular flexibility index (Phi) is 5.31. The van der Waals surface area contributed by atoms with E-state index in [4.69, 9.17) is 0 Å². The lowest BCUT2D eigenvalue weighted by Crippen LogP contribution is -2.33. The van der Waals surface area contributed by atoms with Crippen molar-refractivity contribution in [3.63, 3.8) is 0 Å². The molecule has 1 aliphatic rings. The normalized spacial score (nSPS) is 14.3. The number of carbonyl (C=O) groups is 1. The summed E-state index contributed by atoms with van der Waals surface area (Å²) in [5.74, 6) is 4.76. The predicted octanol–water partition coefficient (Wildman–Crippen LogP) is 0.780. The largest absolute Gasteiger partial charge is 0.534 e. The van der Waals surface area contributed by atoms with Crippen molar-refractivity contribution in [3.8, 4) is 17.9 Å². The van der Waals surface area contributed by atoms with Crippen molar-refractivity contribution in [2.75, 3.05) is 7.11 Å². The summed E-state index contributed by atoms with van der Waals surface area (Å²) in [4.78, 5) is 24.2. The molecule has 0 aliphatic heterocycles. The van der Waals surface area contributed by atoms with E-state index in [2.05, 4.69) is 25.9 Å². The topological polar surface area (TPSA) is 109 Å². The first-order chi connectivity index (χ1) is 13.5. The van der Waals surface area contributed by atoms with E-state index in [-0.39, 0.29) is 11.9 Å². The number of hydrogen-bond acceptors (Lipinski definition) is 7. The molecule has 0 spiro atoms. The number of methoxy groups -OCH3 is 1. The Morgan fingerprint density at radius 2 is 2.07 bits per heavy atom. The second kappa shape index (κ2) is 7.43. The number of alkyl halides is 3. The summed E-state index contributed by atoms with van der Waals surface area (Å²) in [7, 11) is -5.04. The number of esters is 1. The fraction of sp³-hybridized carbons (Fsp3) is 0.438. The predicted molar refractivity (Wildman–Crippen MR) is 91.5 cm³/mol. The van der Waals surface area contributed by atoms with Crippen molar-refractivity contribution in [2.45, 2.75) is 37.7 Å². The van der Waals surface area contributed by atoms with Gasteiger partial charge < -0.3 is 8.92 Å². The molecule has 9 nitrogen and oxygen atoms in total. The Bertz CT molecular complexity index is 1200. The third-order valence-corrected chi connectivity index (χ3v) is 5.08. The number of aromatic nitrogens is 3. The minimum Gasteiger partial charge on any atom is -0.468 e. The van der Waals surface area contributed by atoms with Crippen molar-refractivity contribution < 1.29 is 35.3 Å². The van der Waals surface area contributed by atoms with Gasteiger partial charge in [-0.2, -0.15) is 21.6 Å². The lowest BCUT2D eigenvalue weighted by Gasteiger charge is -2.13. The molecule has 0 atom stereocenters. The minimum absolute atomic E-state index is 0.0497. The molecule has 2 aromatic rings. The molecule has 0 saturated heterocycles. The minimum atomic E-state index is -6.08. The Labute approximate surface area is 162 Å². The average molecular weight is 433 g/mol. The number of halogens is 3. The second-order valence-electron chi connectivity index (χ2n) is 6.03. The molecule has 2 heterocycles. The zero-order valence-electron chi connectivity index (χ0n) is 14.9. The molecule has 0 amide bonds. The molecule has 0 fully saturated rings. The Balaban J connectivity index is 2.29. The van der Waals surface area contributed by atoms with Gasteiger partial charge in [0.05, 0.1) is 13.5 Å². The highest BCUT2D eigenvalue weighted by Crippen LogP contribution is 2.28. The van der Waals surface area contributed by atoms with Gasteiger partial charge in [-0.3, -0.25) is 14.0 Å². The highest BCUT2D eigenvalue weighted by Gasteiger charge is 2.49. The number of ether oxygens (including phenoxy) is 1. The molecule has 0 bridgehead atoms. The van der Waals surface area contributed by atoms with Gasteiger partial charge in [-0.25, -0.2) is 4.68 Å². The standard InChI is InChI=1S/C16H14F3N3O6S/c1-27-13(23)9-21-14(24)12-8-10-6-4-2-3-5-7-11(10)22(12)15(20-21)28-29(25,26)16(17,18)19/h8H,2,4,6-7,9H2,1H3. The number of aryl methyl sites for hydroxylation is 1. The van der Waals surface area contributed by atoms with Crippen LogP contribution in [-0.2, 0) is 39.0 Å². The molecule has 0 radical (unpaired) electrons. The highest BCUT2D eigenvalue weighted by molar-refractivity contribution is 7.87. The Morgan fingerprint density at radius 1 is 1.34 bits per heavy atom. The van der Waals surface area contributed by atoms with Gasteiger partial charge in [0.25, 0.3) is 5.56 Å². The molecular weight excluding hydrogens is 419 g/mol. The van der Waals surface area contributed by atoms with Crippen LogP contribution >= 0.6 is 0 Å². The zero-order chi connectivity index (χ0) is 21.4. The monoisotopic (exact) mass is 433 g/mol. The lowest BCUT2D eigenvalue weighted by atomic mass is 10.0. The van der Waals surface area contributed by atoms with Gasteiger partial charge in [0, 0.05) is 12.1 Å². The van der Waals surface area contributed by atoms with Crippen LogP contribution in [0.5, 0.6) is 6.01 Å². The van der Waals surface area contributed by atoms with Crippen LogP contribution in [0.3, 0.4) is 0 Å². The molecule has 0 saturated carbocycles. The van der Waals surface area contributed by atoms with Gasteiger partial charge in [-0.15, -0.1) is 11.0 Å². The average Bonchev–Trinajstić information content (AvgIpc) is 2.95. The quantitative estimate of drug-likeness (QED) is 0.303. The van der Waals surface area contributed by atoms with Crippen LogP contribution in [0, 0.1) is 11.8 Å². The Morgan fingerprint density at radius 3 is 2.72 bits per heavy atom. The number of fused-ring (bicyclic) bond motifs is 3. The SMILES string of the molecule is COC(=O)Cn1nc(OS(=O)(=O)C(F)(F)F)n2c3c(cc2c1=O)CCCC#CC3. The summed E-state index contributed by atoms with van der Waals surface area (Å²) < 4.78 is 71.6. The van der Waals surface area contributed by atoms with Gasteiger partial charge in [-0.05, 0) is 24.5 Å². The molecule has 0 N–H and O–H groups in total. The van der Waals surface area contributed by atoms with E-state index in [1.165, 1.54) is 6.07 Å². The first kappa shape index (κ1) is 20.7. The van der Waals surface area contributed by atoms with Crippen LogP contribution in [0.25, 0.3) is 5.52 Å². The maximum absolute atomic E-state index is 12.8. The van der Waals surface area contributed by atoms with Crippen molar-refractivity contribution in [2.24, 2.45) is 0 Å². The van der Waals surface area contributed by atoms with Gasteiger partial charge in [0.15, 0.2) is 0 Å². The maximum atomic E-state index is 12.8. The molecule has 13 heteroatoms. The summed E-state index contributed by atoms with van der Waals surface area (Å²) in [5.41, 5.74) is -5.83. The van der Waals surface area contributed by atoms with Crippen LogP contribution in [0.15, 0.2) is 10.9 Å². The van der Waals surface area contributed by atoms with Crippen LogP contribution in [0.1, 0.15) is 24.1 Å². The first-order valence-electron chi connectivity index (χ1n) is 8.23. The fourth-order valence-electron chi connectivity index (χ4n) is 2.81. The summed E-state index contributed by atoms with van der Waals surface area (Å²) in [6.45, 7) is -0.746. The number of rotatable bonds is 4. The van der Waals surface area contributed by atoms with Crippen LogP contribution in [-0.4, -0.2) is 41.2 Å². The molecule has 156 valence electrons. The highest BCUT2D eigenvalue weighted by atomic mass is 32.2. The summed E-state index contributed by atoms with van der Waals surface area (Å²) in [5, 5.41) is 3.54. The van der Waals surface area contributed by atoms with Gasteiger partial charge in [-0.1, -0.05) is 5.92 Å². The van der Waals surface area contributed by atoms with Gasteiger partial charge >= 0.3 is 27.6 Å². The second-order valence-corrected chi connectivity index (χ2v) is 7.56. The third-order valence-electron chi connectivity index (χ3n) is 4.15. The van der Waals surface area contributed by atoms with Crippen molar-refractivity contribution in [1.29, 1.82) is 0 Å². The molecule has 0 unspecified atom stereocenters. The summed E-state index contributed by atoms with van der Waals surface area (Å²) >= 11 is 0. The third kappa shape index (κ3) is 3.93. The van der Waals surface area contributed by atoms with E-state index in [9.17, 15) is 31.2 Å². The number of carbonyl (C=O) groups excluding carboxylic acids is 1. The van der Waals surface area contributed by atoms with Gasteiger partial charge in [0.2, 0.25) is 0 Å². The van der Waals surface area contributed by atoms with E-state index in [1.807, 2.05) is 0 Å². The molecule has 0 aromatic carbocycles. The first-order valence-corrected chi connectivity index (χ1v) is 9.63. The van der Waals surface area contributed by atoms with Crippen LogP contribution in [0.4, 0.5) is 13.2 Å². The van der Waals surface area contributed by atoms with Crippen molar-refractivity contribution in [3.05, 3.63) is 27.7 Å². The van der Waals surface area contributed by atoms with Crippen LogP contribution < -0.4 is 9.74 Å². The van der Waals surface area contributed by atoms with Crippen molar-refractivity contribution >= 4 is 21.6 Å². The number of hydrogen-bond donors (Lipinski definition) is 0. The van der Waals surface area contributed by atoms with E-state index in [1.54, 1.807) is 0 Å². The smallest absolute Gasteiger partial charge is 0.468 e. The fourth-order valence-corrected chi connectivity index (χ4v) is 3.21. The van der Waals surface area contributed by atoms with Crippen molar-refractivity contribution in [1.82, 2.24) is 14.2 Å². The van der Waals surface area contributed by atoms with E-state index in [0.717, 1.165) is 11.5 Å². The number of nitrogens with zero attached hydrogens (tertiary/aromatic N) is 3. The van der Waals surface area contributed by atoms with Crippen LogP contribution in [0.2, 0.25) is 0 Å². The Hall–Kier alpha value is -3.01. The van der Waals surface area contributed by atoms with E-state index < -0.39 is 39.7 Å². The van der Waals surface area contributed by atoms with Gasteiger partial charge in [0.1, 0.15) is 12.1 Å². The molecule has 1 aliphatic carbocycles. The van der Waals surface area contributed by atoms with E-state index >= 15 is 0 Å². The van der Waals surface area contributed by atoms with E-state index in [0.29, 0.717) is 35.2 Å². The summed E-state index contributed by atoms with van der Waals surface area (Å²) in [6, 6.07) is 0.386. The summed E-state index contributed by atoms with van der Waals surface area (Å²) in [6.07, 6.45) is 1.75. The molecule has 3 rings (SSSR count). The molecule has 2 aromatic heterocycles. The molecular formula is C16H14F3N3O6S. The maximum Gasteiger partial charge on any atom is 0.534 e. The lowest BCUT2D eigenvalue weighted by molar-refractivity contribution is -0.141. The molecule has 29 heavy (non-hydrogen) atoms.